The molecule has 0 saturated carbocycles. The summed E-state index contributed by atoms with van der Waals surface area (Å²) < 4.78 is 12.4. The highest BCUT2D eigenvalue weighted by molar-refractivity contribution is 5.83. The number of rotatable bonds is 6. The van der Waals surface area contributed by atoms with Crippen molar-refractivity contribution < 1.29 is 14.6 Å². The molecule has 0 bridgehead atoms. The number of para-hydroxylation sites is 1. The van der Waals surface area contributed by atoms with Gasteiger partial charge in [-0.3, -0.25) is 4.98 Å². The van der Waals surface area contributed by atoms with Crippen molar-refractivity contribution in [1.82, 2.24) is 9.97 Å². The summed E-state index contributed by atoms with van der Waals surface area (Å²) in [5.74, 6) is 0.901. The van der Waals surface area contributed by atoms with Crippen LogP contribution in [0.25, 0.3) is 10.9 Å². The molecule has 0 aliphatic carbocycles. The fraction of sp³-hybridized carbons (Fsp3) is 0.321. The molecule has 180 valence electrons. The van der Waals surface area contributed by atoms with Crippen LogP contribution < -0.4 is 15.0 Å². The van der Waals surface area contributed by atoms with Crippen molar-refractivity contribution >= 4 is 28.0 Å². The zero-order chi connectivity index (χ0) is 23.7. The highest BCUT2D eigenvalue weighted by Crippen LogP contribution is 2.42. The van der Waals surface area contributed by atoms with Crippen molar-refractivity contribution in [3.8, 4) is 5.75 Å². The zero-order valence-electron chi connectivity index (χ0n) is 19.7. The number of ether oxygens (including phenoxy) is 2. The number of aromatic nitrogens is 2. The fourth-order valence-corrected chi connectivity index (χ4v) is 5.24. The van der Waals surface area contributed by atoms with Gasteiger partial charge in [-0.2, -0.15) is 0 Å². The smallest absolute Gasteiger partial charge is 0.145 e. The van der Waals surface area contributed by atoms with Gasteiger partial charge in [0, 0.05) is 60.1 Å². The number of nitrogens with one attached hydrogen (secondary N) is 2. The quantitative estimate of drug-likeness (QED) is 0.376. The van der Waals surface area contributed by atoms with E-state index in [1.807, 2.05) is 12.1 Å². The van der Waals surface area contributed by atoms with E-state index in [1.165, 1.54) is 16.5 Å². The lowest BCUT2D eigenvalue weighted by Crippen LogP contribution is -2.54. The normalized spacial score (nSPS) is 16.8. The van der Waals surface area contributed by atoms with E-state index >= 15 is 0 Å². The number of benzene rings is 2. The van der Waals surface area contributed by atoms with Crippen molar-refractivity contribution in [1.29, 1.82) is 0 Å². The van der Waals surface area contributed by atoms with Crippen LogP contribution >= 0.6 is 0 Å². The molecular formula is C28H30N4O3. The van der Waals surface area contributed by atoms with Crippen LogP contribution in [0.15, 0.2) is 67.0 Å². The van der Waals surface area contributed by atoms with Crippen molar-refractivity contribution in [3.63, 3.8) is 0 Å². The number of hydrogen-bond donors (Lipinski definition) is 3. The highest BCUT2D eigenvalue weighted by Gasteiger charge is 2.41. The van der Waals surface area contributed by atoms with Crippen LogP contribution in [-0.2, 0) is 17.8 Å². The molecular weight excluding hydrogens is 440 g/mol. The number of H-pyrrole nitrogens is 1. The standard InChI is InChI=1S/C28H30N4O3/c33-18-23-15-22(7-11-29-23)31-21-5-6-26-27(16-21)35-28(9-13-34-14-10-28)19-32(26)12-8-20-17-30-25-4-2-1-3-24(20)25/h1-7,11,15-17,30,33H,8-10,12-14,18-19H2,(H,29,31). The van der Waals surface area contributed by atoms with Crippen LogP contribution in [-0.4, -0.2) is 47.0 Å². The number of fused-ring (bicyclic) bond motifs is 2. The van der Waals surface area contributed by atoms with Crippen molar-refractivity contribution in [2.75, 3.05) is 36.5 Å². The molecule has 4 heterocycles. The second kappa shape index (κ2) is 9.24. The lowest BCUT2D eigenvalue weighted by atomic mass is 9.91. The van der Waals surface area contributed by atoms with E-state index < -0.39 is 0 Å². The first-order valence-electron chi connectivity index (χ1n) is 12.2. The fourth-order valence-electron chi connectivity index (χ4n) is 5.24. The third kappa shape index (κ3) is 4.45. The van der Waals surface area contributed by atoms with E-state index in [4.69, 9.17) is 9.47 Å². The van der Waals surface area contributed by atoms with Gasteiger partial charge in [-0.1, -0.05) is 18.2 Å². The van der Waals surface area contributed by atoms with E-state index in [-0.39, 0.29) is 12.2 Å². The molecule has 2 aliphatic heterocycles. The van der Waals surface area contributed by atoms with Crippen molar-refractivity contribution in [2.45, 2.75) is 31.5 Å². The van der Waals surface area contributed by atoms with Gasteiger partial charge in [0.25, 0.3) is 0 Å². The second-order valence-corrected chi connectivity index (χ2v) is 9.43. The maximum absolute atomic E-state index is 9.41. The number of aliphatic hydroxyl groups is 1. The number of aliphatic hydroxyl groups excluding tert-OH is 1. The number of anilines is 3. The van der Waals surface area contributed by atoms with Crippen molar-refractivity contribution in [3.05, 3.63) is 78.2 Å². The number of hydrogen-bond acceptors (Lipinski definition) is 6. The number of nitrogens with zero attached hydrogens (tertiary/aromatic N) is 2. The summed E-state index contributed by atoms with van der Waals surface area (Å²) in [6.45, 7) is 3.15. The molecule has 4 aromatic rings. The minimum atomic E-state index is -0.231. The van der Waals surface area contributed by atoms with Gasteiger partial charge in [-0.05, 0) is 42.3 Å². The predicted molar refractivity (Wildman–Crippen MR) is 138 cm³/mol. The van der Waals surface area contributed by atoms with E-state index in [2.05, 4.69) is 68.8 Å². The first kappa shape index (κ1) is 21.9. The molecule has 1 fully saturated rings. The monoisotopic (exact) mass is 470 g/mol. The molecule has 0 unspecified atom stereocenters. The molecule has 35 heavy (non-hydrogen) atoms. The molecule has 1 saturated heterocycles. The molecule has 0 atom stereocenters. The molecule has 2 aliphatic rings. The summed E-state index contributed by atoms with van der Waals surface area (Å²) in [6, 6.07) is 18.5. The van der Waals surface area contributed by atoms with Crippen LogP contribution in [0.3, 0.4) is 0 Å². The molecule has 7 heteroatoms. The minimum Gasteiger partial charge on any atom is -0.483 e. The van der Waals surface area contributed by atoms with Crippen LogP contribution in [0, 0.1) is 0 Å². The Hall–Kier alpha value is -3.55. The van der Waals surface area contributed by atoms with Gasteiger partial charge >= 0.3 is 0 Å². The minimum absolute atomic E-state index is 0.0845. The number of pyridine rings is 1. The van der Waals surface area contributed by atoms with Gasteiger partial charge in [0.05, 0.1) is 37.7 Å². The Morgan fingerprint density at radius 3 is 2.80 bits per heavy atom. The Labute approximate surface area is 204 Å². The Morgan fingerprint density at radius 1 is 1.06 bits per heavy atom. The topological polar surface area (TPSA) is 82.6 Å². The summed E-state index contributed by atoms with van der Waals surface area (Å²) in [7, 11) is 0. The van der Waals surface area contributed by atoms with E-state index in [0.717, 1.165) is 68.4 Å². The van der Waals surface area contributed by atoms with Gasteiger partial charge in [-0.25, -0.2) is 0 Å². The summed E-state index contributed by atoms with van der Waals surface area (Å²) in [5.41, 5.74) is 5.88. The van der Waals surface area contributed by atoms with E-state index in [1.54, 1.807) is 6.20 Å². The maximum Gasteiger partial charge on any atom is 0.145 e. The first-order chi connectivity index (χ1) is 17.2. The van der Waals surface area contributed by atoms with Crippen molar-refractivity contribution in [2.24, 2.45) is 0 Å². The third-order valence-corrected chi connectivity index (χ3v) is 7.10. The van der Waals surface area contributed by atoms with Crippen LogP contribution in [0.2, 0.25) is 0 Å². The molecule has 3 N–H and O–H groups in total. The zero-order valence-corrected chi connectivity index (χ0v) is 19.7. The molecule has 2 aromatic heterocycles. The number of aromatic amines is 1. The summed E-state index contributed by atoms with van der Waals surface area (Å²) >= 11 is 0. The van der Waals surface area contributed by atoms with Gasteiger partial charge in [0.1, 0.15) is 11.4 Å². The predicted octanol–water partition coefficient (Wildman–Crippen LogP) is 4.79. The van der Waals surface area contributed by atoms with E-state index in [0.29, 0.717) is 5.69 Å². The summed E-state index contributed by atoms with van der Waals surface area (Å²) in [4.78, 5) is 10.0. The second-order valence-electron chi connectivity index (χ2n) is 9.43. The molecule has 1 spiro atoms. The average Bonchev–Trinajstić information content (AvgIpc) is 3.31. The lowest BCUT2D eigenvalue weighted by molar-refractivity contribution is -0.0454. The Kier molecular flexibility index (Phi) is 5.80. The molecule has 6 rings (SSSR count). The highest BCUT2D eigenvalue weighted by atomic mass is 16.5. The lowest BCUT2D eigenvalue weighted by Gasteiger charge is -2.46. The molecule has 0 radical (unpaired) electrons. The molecule has 2 aromatic carbocycles. The Balaban J connectivity index is 1.28. The maximum atomic E-state index is 9.41. The van der Waals surface area contributed by atoms with Gasteiger partial charge in [-0.15, -0.1) is 0 Å². The average molecular weight is 471 g/mol. The first-order valence-corrected chi connectivity index (χ1v) is 12.2. The summed E-state index contributed by atoms with van der Waals surface area (Å²) in [6.07, 6.45) is 6.57. The van der Waals surface area contributed by atoms with E-state index in [9.17, 15) is 5.11 Å². The summed E-state index contributed by atoms with van der Waals surface area (Å²) in [5, 5.41) is 14.1. The Bertz CT molecular complexity index is 1330. The van der Waals surface area contributed by atoms with Crippen LogP contribution in [0.1, 0.15) is 24.1 Å². The molecule has 7 nitrogen and oxygen atoms in total. The van der Waals surface area contributed by atoms with Crippen LogP contribution in [0.4, 0.5) is 17.1 Å². The van der Waals surface area contributed by atoms with Gasteiger partial charge < -0.3 is 29.8 Å². The molecule has 0 amide bonds. The Morgan fingerprint density at radius 2 is 1.91 bits per heavy atom. The van der Waals surface area contributed by atoms with Gasteiger partial charge in [0.2, 0.25) is 0 Å². The largest absolute Gasteiger partial charge is 0.483 e. The van der Waals surface area contributed by atoms with Gasteiger partial charge in [0.15, 0.2) is 0 Å². The SMILES string of the molecule is OCc1cc(Nc2ccc3c(c2)OC2(CCOCC2)CN3CCc2c[nH]c3ccccc23)ccn1. The van der Waals surface area contributed by atoms with Crippen LogP contribution in [0.5, 0.6) is 5.75 Å². The third-order valence-electron chi connectivity index (χ3n) is 7.10.